The van der Waals surface area contributed by atoms with Gasteiger partial charge in [0.05, 0.1) is 0 Å². The van der Waals surface area contributed by atoms with Gasteiger partial charge in [0.25, 0.3) is 0 Å². The van der Waals surface area contributed by atoms with Crippen LogP contribution in [0.3, 0.4) is 0 Å². The Hall–Kier alpha value is -0.570. The van der Waals surface area contributed by atoms with Crippen LogP contribution in [0, 0.1) is 11.3 Å². The van der Waals surface area contributed by atoms with Crippen LogP contribution in [0.25, 0.3) is 0 Å². The third-order valence-corrected chi connectivity index (χ3v) is 3.90. The van der Waals surface area contributed by atoms with Crippen molar-refractivity contribution in [2.75, 3.05) is 6.54 Å². The second-order valence-electron chi connectivity index (χ2n) is 6.92. The maximum Gasteiger partial charge on any atom is 0.221 e. The summed E-state index contributed by atoms with van der Waals surface area (Å²) in [6.07, 6.45) is 4.39. The molecule has 1 aliphatic carbocycles. The fourth-order valence-corrected chi connectivity index (χ4v) is 3.02. The van der Waals surface area contributed by atoms with E-state index in [0.29, 0.717) is 23.8 Å². The van der Waals surface area contributed by atoms with Crippen LogP contribution < -0.4 is 10.6 Å². The highest BCUT2D eigenvalue weighted by molar-refractivity contribution is 5.76. The molecule has 1 fully saturated rings. The van der Waals surface area contributed by atoms with E-state index in [-0.39, 0.29) is 11.9 Å². The van der Waals surface area contributed by atoms with Gasteiger partial charge in [-0.1, -0.05) is 20.8 Å². The van der Waals surface area contributed by atoms with Crippen molar-refractivity contribution in [3.63, 3.8) is 0 Å². The average Bonchev–Trinajstić information content (AvgIpc) is 2.19. The van der Waals surface area contributed by atoms with E-state index in [1.807, 2.05) is 13.8 Å². The molecule has 0 aromatic rings. The fourth-order valence-electron chi connectivity index (χ4n) is 3.02. The molecule has 0 bridgehead atoms. The molecule has 2 N–H and O–H groups in total. The van der Waals surface area contributed by atoms with Crippen LogP contribution in [-0.2, 0) is 4.79 Å². The molecule has 106 valence electrons. The van der Waals surface area contributed by atoms with E-state index in [9.17, 15) is 4.79 Å². The zero-order valence-corrected chi connectivity index (χ0v) is 12.7. The summed E-state index contributed by atoms with van der Waals surface area (Å²) < 4.78 is 0. The molecule has 0 aromatic heterocycles. The zero-order valence-electron chi connectivity index (χ0n) is 12.7. The molecule has 0 radical (unpaired) electrons. The number of carbonyl (C=O) groups excluding carboxylic acids is 1. The Morgan fingerprint density at radius 2 is 2.06 bits per heavy atom. The normalized spacial score (nSPS) is 27.2. The summed E-state index contributed by atoms with van der Waals surface area (Å²) in [6.45, 7) is 11.8. The number of amides is 1. The molecule has 2 unspecified atom stereocenters. The van der Waals surface area contributed by atoms with Crippen molar-refractivity contribution in [2.24, 2.45) is 11.3 Å². The molecule has 18 heavy (non-hydrogen) atoms. The highest BCUT2D eigenvalue weighted by Gasteiger charge is 2.31. The van der Waals surface area contributed by atoms with Gasteiger partial charge in [-0.3, -0.25) is 4.79 Å². The molecule has 0 heterocycles. The molecule has 1 aliphatic rings. The van der Waals surface area contributed by atoms with Crippen LogP contribution in [0.4, 0.5) is 0 Å². The van der Waals surface area contributed by atoms with E-state index in [1.54, 1.807) is 0 Å². The quantitative estimate of drug-likeness (QED) is 0.792. The van der Waals surface area contributed by atoms with Crippen LogP contribution in [0.1, 0.15) is 60.3 Å². The lowest BCUT2D eigenvalue weighted by Gasteiger charge is -2.39. The number of hydrogen-bond donors (Lipinski definition) is 2. The number of rotatable bonds is 5. The summed E-state index contributed by atoms with van der Waals surface area (Å²) in [7, 11) is 0. The van der Waals surface area contributed by atoms with E-state index >= 15 is 0 Å². The highest BCUT2D eigenvalue weighted by atomic mass is 16.1. The van der Waals surface area contributed by atoms with Crippen molar-refractivity contribution in [3.05, 3.63) is 0 Å². The standard InChI is InChI=1S/C15H30N2O/c1-11(2)17-14(18)7-9-16-13-6-8-15(4,5)10-12(13)3/h11-13,16H,6-10H2,1-5H3,(H,17,18). The van der Waals surface area contributed by atoms with Crippen molar-refractivity contribution < 1.29 is 4.79 Å². The Bertz CT molecular complexity index is 274. The summed E-state index contributed by atoms with van der Waals surface area (Å²) in [6, 6.07) is 0.830. The van der Waals surface area contributed by atoms with Gasteiger partial charge in [0, 0.05) is 25.0 Å². The van der Waals surface area contributed by atoms with Gasteiger partial charge in [-0.05, 0) is 44.4 Å². The maximum absolute atomic E-state index is 11.5. The van der Waals surface area contributed by atoms with Gasteiger partial charge in [0.2, 0.25) is 5.91 Å². The maximum atomic E-state index is 11.5. The minimum atomic E-state index is 0.154. The summed E-state index contributed by atoms with van der Waals surface area (Å²) >= 11 is 0. The van der Waals surface area contributed by atoms with Gasteiger partial charge >= 0.3 is 0 Å². The second kappa shape index (κ2) is 6.55. The van der Waals surface area contributed by atoms with Crippen LogP contribution in [0.5, 0.6) is 0 Å². The van der Waals surface area contributed by atoms with Crippen molar-refractivity contribution in [2.45, 2.75) is 72.4 Å². The van der Waals surface area contributed by atoms with Crippen molar-refractivity contribution >= 4 is 5.91 Å². The summed E-state index contributed by atoms with van der Waals surface area (Å²) in [5.41, 5.74) is 0.493. The van der Waals surface area contributed by atoms with E-state index < -0.39 is 0 Å². The molecular formula is C15H30N2O. The average molecular weight is 254 g/mol. The highest BCUT2D eigenvalue weighted by Crippen LogP contribution is 2.38. The first kappa shape index (κ1) is 15.5. The molecule has 3 heteroatoms. The predicted molar refractivity (Wildman–Crippen MR) is 76.5 cm³/mol. The molecular weight excluding hydrogens is 224 g/mol. The summed E-state index contributed by atoms with van der Waals surface area (Å²) in [4.78, 5) is 11.5. The number of carbonyl (C=O) groups is 1. The van der Waals surface area contributed by atoms with E-state index in [0.717, 1.165) is 6.54 Å². The second-order valence-corrected chi connectivity index (χ2v) is 6.92. The molecule has 1 rings (SSSR count). The van der Waals surface area contributed by atoms with E-state index in [4.69, 9.17) is 0 Å². The summed E-state index contributed by atoms with van der Waals surface area (Å²) in [5, 5.41) is 6.48. The van der Waals surface area contributed by atoms with Gasteiger partial charge in [-0.2, -0.15) is 0 Å². The lowest BCUT2D eigenvalue weighted by molar-refractivity contribution is -0.121. The minimum absolute atomic E-state index is 0.154. The van der Waals surface area contributed by atoms with Gasteiger partial charge in [0.1, 0.15) is 0 Å². The molecule has 1 amide bonds. The van der Waals surface area contributed by atoms with Gasteiger partial charge < -0.3 is 10.6 Å². The van der Waals surface area contributed by atoms with Crippen LogP contribution in [0.2, 0.25) is 0 Å². The van der Waals surface area contributed by atoms with Crippen LogP contribution >= 0.6 is 0 Å². The Labute approximate surface area is 112 Å². The Morgan fingerprint density at radius 1 is 1.39 bits per heavy atom. The molecule has 1 saturated carbocycles. The third-order valence-electron chi connectivity index (χ3n) is 3.90. The predicted octanol–water partition coefficient (Wildman–Crippen LogP) is 2.71. The lowest BCUT2D eigenvalue weighted by Crippen LogP contribution is -2.43. The van der Waals surface area contributed by atoms with Crippen molar-refractivity contribution in [1.82, 2.24) is 10.6 Å². The largest absolute Gasteiger partial charge is 0.354 e. The summed E-state index contributed by atoms with van der Waals surface area (Å²) in [5.74, 6) is 0.864. The van der Waals surface area contributed by atoms with Crippen molar-refractivity contribution in [3.8, 4) is 0 Å². The van der Waals surface area contributed by atoms with Gasteiger partial charge in [-0.15, -0.1) is 0 Å². The smallest absolute Gasteiger partial charge is 0.221 e. The molecule has 0 aliphatic heterocycles. The zero-order chi connectivity index (χ0) is 13.8. The molecule has 3 nitrogen and oxygen atoms in total. The first-order valence-electron chi connectivity index (χ1n) is 7.33. The van der Waals surface area contributed by atoms with E-state index in [2.05, 4.69) is 31.4 Å². The first-order valence-corrected chi connectivity index (χ1v) is 7.33. The monoisotopic (exact) mass is 254 g/mol. The Morgan fingerprint density at radius 3 is 2.61 bits per heavy atom. The first-order chi connectivity index (χ1) is 8.30. The van der Waals surface area contributed by atoms with E-state index in [1.165, 1.54) is 19.3 Å². The van der Waals surface area contributed by atoms with Crippen LogP contribution in [-0.4, -0.2) is 24.5 Å². The molecule has 0 spiro atoms. The minimum Gasteiger partial charge on any atom is -0.354 e. The van der Waals surface area contributed by atoms with Gasteiger partial charge in [0.15, 0.2) is 0 Å². The SMILES string of the molecule is CC(C)NC(=O)CCNC1CCC(C)(C)CC1C. The topological polar surface area (TPSA) is 41.1 Å². The molecule has 2 atom stereocenters. The Balaban J connectivity index is 2.22. The fraction of sp³-hybridized carbons (Fsp3) is 0.933. The third kappa shape index (κ3) is 5.38. The van der Waals surface area contributed by atoms with Crippen LogP contribution in [0.15, 0.2) is 0 Å². The van der Waals surface area contributed by atoms with Crippen molar-refractivity contribution in [1.29, 1.82) is 0 Å². The number of nitrogens with one attached hydrogen (secondary N) is 2. The lowest BCUT2D eigenvalue weighted by atomic mass is 9.70. The number of hydrogen-bond acceptors (Lipinski definition) is 2. The molecule has 0 saturated heterocycles. The van der Waals surface area contributed by atoms with Gasteiger partial charge in [-0.25, -0.2) is 0 Å². The Kier molecular flexibility index (Phi) is 5.64. The molecule has 0 aromatic carbocycles.